The van der Waals surface area contributed by atoms with Gasteiger partial charge in [-0.2, -0.15) is 0 Å². The number of carbonyl (C=O) groups excluding carboxylic acids is 1. The average Bonchev–Trinajstić information content (AvgIpc) is 2.73. The molecule has 0 N–H and O–H groups in total. The summed E-state index contributed by atoms with van der Waals surface area (Å²) in [5.41, 5.74) is 0.829. The van der Waals surface area contributed by atoms with Gasteiger partial charge in [-0.05, 0) is 78.5 Å². The van der Waals surface area contributed by atoms with Crippen LogP contribution < -0.4 is 9.64 Å². The summed E-state index contributed by atoms with van der Waals surface area (Å²) in [5, 5.41) is 3.31. The molecule has 0 bridgehead atoms. The van der Waals surface area contributed by atoms with Crippen LogP contribution in [0.2, 0.25) is 18.1 Å². The highest BCUT2D eigenvalue weighted by molar-refractivity contribution is 8.03. The van der Waals surface area contributed by atoms with Crippen LogP contribution in [0.4, 0.5) is 5.69 Å². The van der Waals surface area contributed by atoms with Crippen LogP contribution in [-0.2, 0) is 9.22 Å². The molecule has 0 aliphatic carbocycles. The molecule has 6 heteroatoms. The largest absolute Gasteiger partial charge is 0.497 e. The fourth-order valence-electron chi connectivity index (χ4n) is 3.51. The van der Waals surface area contributed by atoms with Crippen molar-refractivity contribution in [3.8, 4) is 16.9 Å². The van der Waals surface area contributed by atoms with E-state index in [2.05, 4.69) is 45.0 Å². The minimum Gasteiger partial charge on any atom is -0.497 e. The van der Waals surface area contributed by atoms with Crippen LogP contribution in [0, 0.1) is 17.1 Å². The maximum atomic E-state index is 13.3. The zero-order chi connectivity index (χ0) is 23.5. The Morgan fingerprint density at radius 2 is 1.69 bits per heavy atom. The van der Waals surface area contributed by atoms with Gasteiger partial charge in [0.2, 0.25) is 5.91 Å². The highest BCUT2D eigenvalue weighted by Gasteiger charge is 2.52. The summed E-state index contributed by atoms with van der Waals surface area (Å²) in [6.45, 7) is 13.1. The third-order valence-corrected chi connectivity index (χ3v) is 11.7. The molecule has 3 rings (SSSR count). The van der Waals surface area contributed by atoms with Crippen LogP contribution in [0.3, 0.4) is 0 Å². The number of ether oxygens (including phenoxy) is 1. The Kier molecular flexibility index (Phi) is 7.44. The average molecular weight is 468 g/mol. The van der Waals surface area contributed by atoms with E-state index in [1.807, 2.05) is 61.5 Å². The van der Waals surface area contributed by atoms with Gasteiger partial charge in [0.1, 0.15) is 11.8 Å². The van der Waals surface area contributed by atoms with Crippen molar-refractivity contribution in [2.24, 2.45) is 5.92 Å². The summed E-state index contributed by atoms with van der Waals surface area (Å²) >= 11 is 1.48. The zero-order valence-electron chi connectivity index (χ0n) is 20.0. The zero-order valence-corrected chi connectivity index (χ0v) is 21.8. The van der Waals surface area contributed by atoms with Gasteiger partial charge in [-0.1, -0.05) is 44.9 Å². The smallest absolute Gasteiger partial charge is 0.236 e. The number of methoxy groups -OCH3 is 1. The van der Waals surface area contributed by atoms with Crippen molar-refractivity contribution in [1.29, 1.82) is 0 Å². The molecule has 32 heavy (non-hydrogen) atoms. The second-order valence-electron chi connectivity index (χ2n) is 9.62. The quantitative estimate of drug-likeness (QED) is 0.220. The lowest BCUT2D eigenvalue weighted by atomic mass is 9.83. The first-order chi connectivity index (χ1) is 15.0. The van der Waals surface area contributed by atoms with Crippen molar-refractivity contribution >= 4 is 31.7 Å². The van der Waals surface area contributed by atoms with Gasteiger partial charge >= 0.3 is 0 Å². The van der Waals surface area contributed by atoms with Crippen LogP contribution in [0.25, 0.3) is 0 Å². The first-order valence-electron chi connectivity index (χ1n) is 10.9. The van der Waals surface area contributed by atoms with E-state index in [9.17, 15) is 4.79 Å². The number of hydrogen-bond donors (Lipinski definition) is 0. The number of β-lactam (4-membered cyclic amide) rings is 1. The van der Waals surface area contributed by atoms with E-state index in [1.165, 1.54) is 11.8 Å². The fourth-order valence-corrected chi connectivity index (χ4v) is 5.53. The Bertz CT molecular complexity index is 990. The number of hydrogen-bond acceptors (Lipinski definition) is 4. The van der Waals surface area contributed by atoms with E-state index in [0.717, 1.165) is 16.3 Å². The number of carbonyl (C=O) groups is 1. The summed E-state index contributed by atoms with van der Waals surface area (Å²) in [6.07, 6.45) is -0.195. The predicted octanol–water partition coefficient (Wildman–Crippen LogP) is 6.19. The van der Waals surface area contributed by atoms with Crippen molar-refractivity contribution in [3.05, 3.63) is 54.6 Å². The van der Waals surface area contributed by atoms with Crippen LogP contribution in [0.5, 0.6) is 5.75 Å². The molecule has 170 valence electrons. The molecule has 0 spiro atoms. The third kappa shape index (κ3) is 5.23. The predicted molar refractivity (Wildman–Crippen MR) is 136 cm³/mol. The summed E-state index contributed by atoms with van der Waals surface area (Å²) in [5.74, 6) is 3.89. The highest BCUT2D eigenvalue weighted by atomic mass is 32.2. The highest BCUT2D eigenvalue weighted by Crippen LogP contribution is 2.41. The van der Waals surface area contributed by atoms with Crippen molar-refractivity contribution < 1.29 is 14.0 Å². The molecule has 1 amide bonds. The molecule has 4 nitrogen and oxygen atoms in total. The topological polar surface area (TPSA) is 38.8 Å². The number of anilines is 1. The standard InChI is InChI=1S/C26H33NO3SSi/c1-19(30-32(6,7)26(2,3)4)24-23(17-18-31-22-11-9-8-10-12-22)27(25(24)28)20-13-15-21(29-5)16-14-20/h8-16,19,23-24H,1-7H3/t19-,23-,24-/m1/s1. The van der Waals surface area contributed by atoms with Crippen LogP contribution in [-0.4, -0.2) is 33.5 Å². The molecule has 1 saturated heterocycles. The number of rotatable bonds is 6. The summed E-state index contributed by atoms with van der Waals surface area (Å²) in [7, 11) is -0.377. The van der Waals surface area contributed by atoms with E-state index in [4.69, 9.17) is 9.16 Å². The van der Waals surface area contributed by atoms with Gasteiger partial charge in [-0.15, -0.1) is 0 Å². The molecule has 0 radical (unpaired) electrons. The molecule has 0 aromatic heterocycles. The first-order valence-corrected chi connectivity index (χ1v) is 14.6. The van der Waals surface area contributed by atoms with Crippen molar-refractivity contribution in [2.45, 2.75) is 62.9 Å². The molecule has 1 heterocycles. The SMILES string of the molecule is COc1ccc(N2C(=O)[C@H]([C@@H](C)O[Si](C)(C)C(C)(C)C)[C@H]2C#CSc2ccccc2)cc1. The summed E-state index contributed by atoms with van der Waals surface area (Å²) in [4.78, 5) is 16.2. The Morgan fingerprint density at radius 3 is 2.25 bits per heavy atom. The van der Waals surface area contributed by atoms with E-state index in [-0.39, 0.29) is 29.0 Å². The molecule has 1 aliphatic heterocycles. The molecular weight excluding hydrogens is 434 g/mol. The lowest BCUT2D eigenvalue weighted by molar-refractivity contribution is -0.132. The maximum Gasteiger partial charge on any atom is 0.236 e. The first kappa shape index (κ1) is 24.4. The monoisotopic (exact) mass is 467 g/mol. The number of benzene rings is 2. The number of thioether (sulfide) groups is 1. The Morgan fingerprint density at radius 1 is 1.06 bits per heavy atom. The minimum absolute atomic E-state index is 0.0605. The Labute approximate surface area is 197 Å². The van der Waals surface area contributed by atoms with Crippen molar-refractivity contribution in [3.63, 3.8) is 0 Å². The van der Waals surface area contributed by atoms with Crippen molar-refractivity contribution in [2.75, 3.05) is 12.0 Å². The number of amides is 1. The molecular formula is C26H33NO3SSi. The van der Waals surface area contributed by atoms with Gasteiger partial charge in [0.25, 0.3) is 0 Å². The van der Waals surface area contributed by atoms with Gasteiger partial charge in [0.05, 0.1) is 19.1 Å². The van der Waals surface area contributed by atoms with Gasteiger partial charge in [0.15, 0.2) is 8.32 Å². The second kappa shape index (κ2) is 9.74. The van der Waals surface area contributed by atoms with E-state index < -0.39 is 8.32 Å². The van der Waals surface area contributed by atoms with E-state index in [0.29, 0.717) is 0 Å². The van der Waals surface area contributed by atoms with Gasteiger partial charge in [-0.25, -0.2) is 0 Å². The summed E-state index contributed by atoms with van der Waals surface area (Å²) < 4.78 is 11.9. The molecule has 0 saturated carbocycles. The summed E-state index contributed by atoms with van der Waals surface area (Å²) in [6, 6.07) is 17.4. The Hall–Kier alpha value is -2.20. The maximum absolute atomic E-state index is 13.3. The van der Waals surface area contributed by atoms with E-state index in [1.54, 1.807) is 12.0 Å². The molecule has 0 unspecified atom stereocenters. The molecule has 1 aliphatic rings. The van der Waals surface area contributed by atoms with Gasteiger partial charge in [0, 0.05) is 10.6 Å². The fraction of sp³-hybridized carbons (Fsp3) is 0.423. The minimum atomic E-state index is -2.01. The van der Waals surface area contributed by atoms with E-state index >= 15 is 0 Å². The molecule has 3 atom stereocenters. The lowest BCUT2D eigenvalue weighted by Gasteiger charge is -2.49. The molecule has 2 aromatic carbocycles. The number of nitrogens with zero attached hydrogens (tertiary/aromatic N) is 1. The lowest BCUT2D eigenvalue weighted by Crippen LogP contribution is -2.65. The van der Waals surface area contributed by atoms with Gasteiger partial charge in [-0.3, -0.25) is 9.69 Å². The van der Waals surface area contributed by atoms with Crippen LogP contribution in [0.1, 0.15) is 27.7 Å². The second-order valence-corrected chi connectivity index (χ2v) is 15.3. The molecule has 1 fully saturated rings. The van der Waals surface area contributed by atoms with Gasteiger partial charge < -0.3 is 9.16 Å². The van der Waals surface area contributed by atoms with Crippen LogP contribution in [0.15, 0.2) is 59.5 Å². The Balaban J connectivity index is 1.85. The normalized spacial score (nSPS) is 19.6. The molecule has 2 aromatic rings. The van der Waals surface area contributed by atoms with Crippen LogP contribution >= 0.6 is 11.8 Å². The third-order valence-electron chi connectivity index (χ3n) is 6.40. The van der Waals surface area contributed by atoms with Crippen molar-refractivity contribution in [1.82, 2.24) is 0 Å².